The molecule has 2 aromatic rings. The standard InChI is InChI=1S/C20H22N2O/c1-14(21-18-10-9-15-6-4-7-17(15)13-18)20(23)22-12-11-16-5-2-3-8-19(16)22/h2-3,5,8-10,13-14,21H,4,6-7,11-12H2,1H3. The number of rotatable bonds is 3. The molecule has 0 saturated carbocycles. The molecule has 3 nitrogen and oxygen atoms in total. The molecule has 1 unspecified atom stereocenters. The second kappa shape index (κ2) is 5.73. The summed E-state index contributed by atoms with van der Waals surface area (Å²) in [5.41, 5.74) is 6.29. The first-order valence-electron chi connectivity index (χ1n) is 8.50. The van der Waals surface area contributed by atoms with Crippen LogP contribution in [-0.2, 0) is 24.1 Å². The van der Waals surface area contributed by atoms with Crippen molar-refractivity contribution in [3.05, 3.63) is 59.2 Å². The Bertz CT molecular complexity index is 753. The molecule has 0 saturated heterocycles. The first kappa shape index (κ1) is 14.3. The van der Waals surface area contributed by atoms with Crippen LogP contribution in [0.15, 0.2) is 42.5 Å². The van der Waals surface area contributed by atoms with Gasteiger partial charge in [0.25, 0.3) is 0 Å². The molecule has 4 rings (SSSR count). The van der Waals surface area contributed by atoms with Crippen molar-refractivity contribution >= 4 is 17.3 Å². The van der Waals surface area contributed by atoms with Crippen LogP contribution in [0.3, 0.4) is 0 Å². The van der Waals surface area contributed by atoms with Gasteiger partial charge in [-0.25, -0.2) is 0 Å². The predicted molar refractivity (Wildman–Crippen MR) is 94.1 cm³/mol. The van der Waals surface area contributed by atoms with Crippen molar-refractivity contribution in [2.75, 3.05) is 16.8 Å². The van der Waals surface area contributed by atoms with Crippen LogP contribution in [0.5, 0.6) is 0 Å². The number of hydrogen-bond acceptors (Lipinski definition) is 2. The van der Waals surface area contributed by atoms with E-state index in [1.165, 1.54) is 29.5 Å². The fraction of sp³-hybridized carbons (Fsp3) is 0.350. The van der Waals surface area contributed by atoms with E-state index in [0.29, 0.717) is 0 Å². The van der Waals surface area contributed by atoms with Crippen LogP contribution in [0.4, 0.5) is 11.4 Å². The number of benzene rings is 2. The first-order valence-corrected chi connectivity index (χ1v) is 8.50. The maximum atomic E-state index is 12.8. The van der Waals surface area contributed by atoms with Crippen molar-refractivity contribution in [3.8, 4) is 0 Å². The molecule has 23 heavy (non-hydrogen) atoms. The molecular weight excluding hydrogens is 284 g/mol. The minimum Gasteiger partial charge on any atom is -0.374 e. The molecule has 2 aliphatic rings. The quantitative estimate of drug-likeness (QED) is 0.940. The van der Waals surface area contributed by atoms with Gasteiger partial charge in [-0.1, -0.05) is 24.3 Å². The lowest BCUT2D eigenvalue weighted by Gasteiger charge is -2.23. The Morgan fingerprint density at radius 1 is 1.04 bits per heavy atom. The smallest absolute Gasteiger partial charge is 0.249 e. The highest BCUT2D eigenvalue weighted by molar-refractivity contribution is 6.00. The van der Waals surface area contributed by atoms with Gasteiger partial charge in [-0.2, -0.15) is 0 Å². The summed E-state index contributed by atoms with van der Waals surface area (Å²) in [5.74, 6) is 0.149. The fourth-order valence-electron chi connectivity index (χ4n) is 3.77. The summed E-state index contributed by atoms with van der Waals surface area (Å²) in [6, 6.07) is 14.5. The summed E-state index contributed by atoms with van der Waals surface area (Å²) in [4.78, 5) is 14.7. The summed E-state index contributed by atoms with van der Waals surface area (Å²) in [7, 11) is 0. The summed E-state index contributed by atoms with van der Waals surface area (Å²) in [6.07, 6.45) is 4.55. The van der Waals surface area contributed by atoms with Crippen LogP contribution in [0.1, 0.15) is 30.0 Å². The SMILES string of the molecule is CC(Nc1ccc2c(c1)CCC2)C(=O)N1CCc2ccccc21. The number of carbonyl (C=O) groups is 1. The predicted octanol–water partition coefficient (Wildman–Crippen LogP) is 3.57. The molecule has 1 amide bonds. The van der Waals surface area contributed by atoms with E-state index < -0.39 is 0 Å². The number of nitrogens with one attached hydrogen (secondary N) is 1. The lowest BCUT2D eigenvalue weighted by molar-refractivity contribution is -0.118. The molecule has 1 N–H and O–H groups in total. The van der Waals surface area contributed by atoms with E-state index in [-0.39, 0.29) is 11.9 Å². The fourth-order valence-corrected chi connectivity index (χ4v) is 3.77. The van der Waals surface area contributed by atoms with Crippen LogP contribution in [0.25, 0.3) is 0 Å². The largest absolute Gasteiger partial charge is 0.374 e. The maximum Gasteiger partial charge on any atom is 0.249 e. The van der Waals surface area contributed by atoms with E-state index in [1.54, 1.807) is 0 Å². The number of anilines is 2. The molecule has 0 bridgehead atoms. The van der Waals surface area contributed by atoms with E-state index >= 15 is 0 Å². The molecule has 0 radical (unpaired) electrons. The number of carbonyl (C=O) groups excluding carboxylic acids is 1. The molecule has 2 aromatic carbocycles. The number of para-hydroxylation sites is 1. The third-order valence-corrected chi connectivity index (χ3v) is 5.01. The average Bonchev–Trinajstić information content (AvgIpc) is 3.20. The minimum atomic E-state index is -0.222. The van der Waals surface area contributed by atoms with Crippen molar-refractivity contribution in [2.24, 2.45) is 0 Å². The van der Waals surface area contributed by atoms with Gasteiger partial charge in [0, 0.05) is 17.9 Å². The number of nitrogens with zero attached hydrogens (tertiary/aromatic N) is 1. The average molecular weight is 306 g/mol. The Balaban J connectivity index is 1.49. The van der Waals surface area contributed by atoms with Crippen LogP contribution in [-0.4, -0.2) is 18.5 Å². The molecule has 1 heterocycles. The second-order valence-corrected chi connectivity index (χ2v) is 6.57. The molecule has 1 aliphatic carbocycles. The normalized spacial score (nSPS) is 16.8. The first-order chi connectivity index (χ1) is 11.2. The van der Waals surface area contributed by atoms with Crippen molar-refractivity contribution < 1.29 is 4.79 Å². The van der Waals surface area contributed by atoms with E-state index in [1.807, 2.05) is 30.0 Å². The van der Waals surface area contributed by atoms with Gasteiger partial charge in [0.1, 0.15) is 6.04 Å². The Morgan fingerprint density at radius 2 is 1.87 bits per heavy atom. The van der Waals surface area contributed by atoms with E-state index in [0.717, 1.165) is 30.8 Å². The number of amides is 1. The monoisotopic (exact) mass is 306 g/mol. The third kappa shape index (κ3) is 2.61. The topological polar surface area (TPSA) is 32.3 Å². The van der Waals surface area contributed by atoms with Crippen LogP contribution in [0.2, 0.25) is 0 Å². The van der Waals surface area contributed by atoms with Crippen LogP contribution < -0.4 is 10.2 Å². The van der Waals surface area contributed by atoms with Crippen molar-refractivity contribution in [1.82, 2.24) is 0 Å². The van der Waals surface area contributed by atoms with E-state index in [9.17, 15) is 4.79 Å². The van der Waals surface area contributed by atoms with Gasteiger partial charge in [-0.05, 0) is 67.5 Å². The molecule has 0 aromatic heterocycles. The molecule has 0 spiro atoms. The highest BCUT2D eigenvalue weighted by atomic mass is 16.2. The molecule has 1 atom stereocenters. The lowest BCUT2D eigenvalue weighted by Crippen LogP contribution is -2.40. The van der Waals surface area contributed by atoms with Crippen LogP contribution in [0, 0.1) is 0 Å². The third-order valence-electron chi connectivity index (χ3n) is 5.01. The number of fused-ring (bicyclic) bond motifs is 2. The molecular formula is C20H22N2O. The van der Waals surface area contributed by atoms with Gasteiger partial charge in [0.15, 0.2) is 0 Å². The van der Waals surface area contributed by atoms with Crippen molar-refractivity contribution in [1.29, 1.82) is 0 Å². The van der Waals surface area contributed by atoms with Gasteiger partial charge < -0.3 is 10.2 Å². The molecule has 118 valence electrons. The van der Waals surface area contributed by atoms with Gasteiger partial charge in [0.2, 0.25) is 5.91 Å². The van der Waals surface area contributed by atoms with E-state index in [4.69, 9.17) is 0 Å². The zero-order valence-electron chi connectivity index (χ0n) is 13.5. The second-order valence-electron chi connectivity index (χ2n) is 6.57. The summed E-state index contributed by atoms with van der Waals surface area (Å²) in [6.45, 7) is 2.74. The minimum absolute atomic E-state index is 0.149. The molecule has 3 heteroatoms. The zero-order valence-corrected chi connectivity index (χ0v) is 13.5. The summed E-state index contributed by atoms with van der Waals surface area (Å²) < 4.78 is 0. The van der Waals surface area contributed by atoms with Crippen molar-refractivity contribution in [2.45, 2.75) is 38.6 Å². The summed E-state index contributed by atoms with van der Waals surface area (Å²) >= 11 is 0. The highest BCUT2D eigenvalue weighted by Gasteiger charge is 2.27. The van der Waals surface area contributed by atoms with Crippen molar-refractivity contribution in [3.63, 3.8) is 0 Å². The van der Waals surface area contributed by atoms with Crippen LogP contribution >= 0.6 is 0 Å². The lowest BCUT2D eigenvalue weighted by atomic mass is 10.1. The molecule has 1 aliphatic heterocycles. The number of aryl methyl sites for hydroxylation is 2. The van der Waals surface area contributed by atoms with Gasteiger partial charge in [0.05, 0.1) is 0 Å². The van der Waals surface area contributed by atoms with Gasteiger partial charge >= 0.3 is 0 Å². The maximum absolute atomic E-state index is 12.8. The van der Waals surface area contributed by atoms with Gasteiger partial charge in [-0.15, -0.1) is 0 Å². The summed E-state index contributed by atoms with van der Waals surface area (Å²) in [5, 5.41) is 3.39. The molecule has 0 fully saturated rings. The number of hydrogen-bond donors (Lipinski definition) is 1. The Labute approximate surface area is 137 Å². The Hall–Kier alpha value is -2.29. The van der Waals surface area contributed by atoms with E-state index in [2.05, 4.69) is 29.6 Å². The van der Waals surface area contributed by atoms with Gasteiger partial charge in [-0.3, -0.25) is 4.79 Å². The Kier molecular flexibility index (Phi) is 3.56. The Morgan fingerprint density at radius 3 is 2.78 bits per heavy atom. The zero-order chi connectivity index (χ0) is 15.8. The highest BCUT2D eigenvalue weighted by Crippen LogP contribution is 2.29.